The SMILES string of the molecule is COc1ccccc1N1CCN(Cc2cc(N)n(C)n2)CC1. The van der Waals surface area contributed by atoms with Crippen LogP contribution in [0.15, 0.2) is 30.3 Å². The van der Waals surface area contributed by atoms with Gasteiger partial charge in [-0.1, -0.05) is 12.1 Å². The van der Waals surface area contributed by atoms with E-state index in [1.54, 1.807) is 11.8 Å². The molecule has 6 nitrogen and oxygen atoms in total. The first-order valence-corrected chi connectivity index (χ1v) is 7.56. The zero-order chi connectivity index (χ0) is 15.5. The van der Waals surface area contributed by atoms with E-state index in [-0.39, 0.29) is 0 Å². The number of hydrogen-bond donors (Lipinski definition) is 1. The predicted octanol–water partition coefficient (Wildman–Crippen LogP) is 1.33. The van der Waals surface area contributed by atoms with Crippen molar-refractivity contribution in [1.82, 2.24) is 14.7 Å². The van der Waals surface area contributed by atoms with Gasteiger partial charge in [0, 0.05) is 45.8 Å². The summed E-state index contributed by atoms with van der Waals surface area (Å²) in [5.41, 5.74) is 8.04. The number of piperazine rings is 1. The highest BCUT2D eigenvalue weighted by Crippen LogP contribution is 2.28. The summed E-state index contributed by atoms with van der Waals surface area (Å²) in [6, 6.07) is 10.1. The second-order valence-electron chi connectivity index (χ2n) is 5.62. The van der Waals surface area contributed by atoms with Crippen LogP contribution in [-0.2, 0) is 13.6 Å². The van der Waals surface area contributed by atoms with Crippen molar-refractivity contribution < 1.29 is 4.74 Å². The van der Waals surface area contributed by atoms with Gasteiger partial charge in [0.05, 0.1) is 18.5 Å². The smallest absolute Gasteiger partial charge is 0.142 e. The Kier molecular flexibility index (Phi) is 4.20. The summed E-state index contributed by atoms with van der Waals surface area (Å²) in [6.07, 6.45) is 0. The van der Waals surface area contributed by atoms with E-state index in [9.17, 15) is 0 Å². The van der Waals surface area contributed by atoms with Crippen molar-refractivity contribution in [1.29, 1.82) is 0 Å². The molecular weight excluding hydrogens is 278 g/mol. The topological polar surface area (TPSA) is 59.6 Å². The first-order valence-electron chi connectivity index (χ1n) is 7.56. The summed E-state index contributed by atoms with van der Waals surface area (Å²) in [5.74, 6) is 1.65. The molecule has 2 heterocycles. The molecule has 1 fully saturated rings. The minimum Gasteiger partial charge on any atom is -0.495 e. The zero-order valence-corrected chi connectivity index (χ0v) is 13.2. The molecule has 1 aromatic heterocycles. The molecule has 0 amide bonds. The van der Waals surface area contributed by atoms with Crippen molar-refractivity contribution >= 4 is 11.5 Å². The minimum absolute atomic E-state index is 0.711. The summed E-state index contributed by atoms with van der Waals surface area (Å²) in [5, 5.41) is 4.43. The van der Waals surface area contributed by atoms with Gasteiger partial charge >= 0.3 is 0 Å². The van der Waals surface area contributed by atoms with Gasteiger partial charge in [-0.3, -0.25) is 9.58 Å². The molecule has 118 valence electrons. The Balaban J connectivity index is 1.60. The lowest BCUT2D eigenvalue weighted by atomic mass is 10.2. The first kappa shape index (κ1) is 14.7. The lowest BCUT2D eigenvalue weighted by Gasteiger charge is -2.36. The molecule has 0 bridgehead atoms. The van der Waals surface area contributed by atoms with Crippen molar-refractivity contribution in [2.24, 2.45) is 7.05 Å². The molecule has 6 heteroatoms. The maximum atomic E-state index is 5.84. The van der Waals surface area contributed by atoms with Crippen LogP contribution in [0.3, 0.4) is 0 Å². The highest BCUT2D eigenvalue weighted by Gasteiger charge is 2.20. The zero-order valence-electron chi connectivity index (χ0n) is 13.2. The summed E-state index contributed by atoms with van der Waals surface area (Å²) in [7, 11) is 3.60. The van der Waals surface area contributed by atoms with Crippen LogP contribution in [0.25, 0.3) is 0 Å². The van der Waals surface area contributed by atoms with E-state index in [4.69, 9.17) is 10.5 Å². The Bertz CT molecular complexity index is 612. The third-order valence-electron chi connectivity index (χ3n) is 4.15. The first-order chi connectivity index (χ1) is 10.7. The lowest BCUT2D eigenvalue weighted by Crippen LogP contribution is -2.46. The van der Waals surface area contributed by atoms with Crippen LogP contribution in [0.5, 0.6) is 5.75 Å². The highest BCUT2D eigenvalue weighted by atomic mass is 16.5. The standard InChI is InChI=1S/C16H23N5O/c1-19-16(17)11-13(18-19)12-20-7-9-21(10-8-20)14-5-3-4-6-15(14)22-2/h3-6,11H,7-10,12,17H2,1-2H3. The van der Waals surface area contributed by atoms with Gasteiger partial charge in [-0.05, 0) is 12.1 Å². The van der Waals surface area contributed by atoms with E-state index >= 15 is 0 Å². The Morgan fingerprint density at radius 3 is 2.55 bits per heavy atom. The van der Waals surface area contributed by atoms with E-state index in [1.807, 2.05) is 25.2 Å². The number of nitrogens with zero attached hydrogens (tertiary/aromatic N) is 4. The molecule has 2 N–H and O–H groups in total. The number of para-hydroxylation sites is 2. The van der Waals surface area contributed by atoms with E-state index < -0.39 is 0 Å². The van der Waals surface area contributed by atoms with Gasteiger partial charge in [0.2, 0.25) is 0 Å². The van der Waals surface area contributed by atoms with Gasteiger partial charge in [0.25, 0.3) is 0 Å². The molecule has 0 spiro atoms. The molecule has 1 saturated heterocycles. The van der Waals surface area contributed by atoms with Crippen molar-refractivity contribution in [2.45, 2.75) is 6.54 Å². The fourth-order valence-corrected chi connectivity index (χ4v) is 2.89. The average Bonchev–Trinajstić information content (AvgIpc) is 2.86. The number of ether oxygens (including phenoxy) is 1. The molecule has 1 aliphatic heterocycles. The molecule has 22 heavy (non-hydrogen) atoms. The fourth-order valence-electron chi connectivity index (χ4n) is 2.89. The molecule has 0 radical (unpaired) electrons. The number of nitrogens with two attached hydrogens (primary N) is 1. The molecule has 0 saturated carbocycles. The second kappa shape index (κ2) is 6.27. The third-order valence-corrected chi connectivity index (χ3v) is 4.15. The number of rotatable bonds is 4. The third kappa shape index (κ3) is 3.01. The van der Waals surface area contributed by atoms with Crippen molar-refractivity contribution in [3.05, 3.63) is 36.0 Å². The van der Waals surface area contributed by atoms with E-state index in [1.165, 1.54) is 5.69 Å². The monoisotopic (exact) mass is 301 g/mol. The van der Waals surface area contributed by atoms with Gasteiger partial charge in [-0.25, -0.2) is 0 Å². The van der Waals surface area contributed by atoms with E-state index in [2.05, 4.69) is 27.0 Å². The van der Waals surface area contributed by atoms with Crippen LogP contribution in [0.2, 0.25) is 0 Å². The largest absolute Gasteiger partial charge is 0.495 e. The number of nitrogen functional groups attached to an aromatic ring is 1. The van der Waals surface area contributed by atoms with Crippen LogP contribution in [0.1, 0.15) is 5.69 Å². The summed E-state index contributed by atoms with van der Waals surface area (Å²) >= 11 is 0. The van der Waals surface area contributed by atoms with E-state index in [0.717, 1.165) is 44.2 Å². The van der Waals surface area contributed by atoms with Gasteiger partial charge in [-0.2, -0.15) is 5.10 Å². The van der Waals surface area contributed by atoms with Crippen LogP contribution in [0.4, 0.5) is 11.5 Å². The van der Waals surface area contributed by atoms with Gasteiger partial charge in [0.1, 0.15) is 11.6 Å². The molecule has 1 aliphatic rings. The molecule has 0 aliphatic carbocycles. The summed E-state index contributed by atoms with van der Waals surface area (Å²) in [6.45, 7) is 4.85. The molecule has 0 atom stereocenters. The minimum atomic E-state index is 0.711. The van der Waals surface area contributed by atoms with Crippen molar-refractivity contribution in [3.63, 3.8) is 0 Å². The number of methoxy groups -OCH3 is 1. The normalized spacial score (nSPS) is 16.0. The molecule has 1 aromatic carbocycles. The van der Waals surface area contributed by atoms with Crippen LogP contribution >= 0.6 is 0 Å². The highest BCUT2D eigenvalue weighted by molar-refractivity contribution is 5.58. The quantitative estimate of drug-likeness (QED) is 0.923. The number of hydrogen-bond acceptors (Lipinski definition) is 5. The van der Waals surface area contributed by atoms with Crippen molar-refractivity contribution in [3.8, 4) is 5.75 Å². The Labute approximate surface area is 131 Å². The van der Waals surface area contributed by atoms with Crippen LogP contribution in [0, 0.1) is 0 Å². The van der Waals surface area contributed by atoms with Gasteiger partial charge < -0.3 is 15.4 Å². The number of aromatic nitrogens is 2. The van der Waals surface area contributed by atoms with Crippen LogP contribution in [-0.4, -0.2) is 48.0 Å². The maximum absolute atomic E-state index is 5.84. The van der Waals surface area contributed by atoms with Gasteiger partial charge in [-0.15, -0.1) is 0 Å². The molecule has 3 rings (SSSR count). The average molecular weight is 301 g/mol. The molecule has 2 aromatic rings. The fraction of sp³-hybridized carbons (Fsp3) is 0.438. The second-order valence-corrected chi connectivity index (χ2v) is 5.62. The maximum Gasteiger partial charge on any atom is 0.142 e. The Morgan fingerprint density at radius 2 is 1.91 bits per heavy atom. The van der Waals surface area contributed by atoms with Crippen LogP contribution < -0.4 is 15.4 Å². The Hall–Kier alpha value is -2.21. The number of benzene rings is 1. The lowest BCUT2D eigenvalue weighted by molar-refractivity contribution is 0.246. The Morgan fingerprint density at radius 1 is 1.18 bits per heavy atom. The molecular formula is C16H23N5O. The predicted molar refractivity (Wildman–Crippen MR) is 88.1 cm³/mol. The molecule has 0 unspecified atom stereocenters. The van der Waals surface area contributed by atoms with E-state index in [0.29, 0.717) is 5.82 Å². The summed E-state index contributed by atoms with van der Waals surface area (Å²) in [4.78, 5) is 4.79. The number of aryl methyl sites for hydroxylation is 1. The summed E-state index contributed by atoms with van der Waals surface area (Å²) < 4.78 is 7.18. The van der Waals surface area contributed by atoms with Gasteiger partial charge in [0.15, 0.2) is 0 Å². The number of anilines is 2. The van der Waals surface area contributed by atoms with Crippen molar-refractivity contribution in [2.75, 3.05) is 43.9 Å².